The largest absolute Gasteiger partial charge is 0.508 e. The molecule has 4 heteroatoms. The molecule has 1 aliphatic rings. The van der Waals surface area contributed by atoms with Gasteiger partial charge in [0.1, 0.15) is 5.75 Å². The third-order valence-electron chi connectivity index (χ3n) is 3.45. The Kier molecular flexibility index (Phi) is 3.65. The van der Waals surface area contributed by atoms with Gasteiger partial charge >= 0.3 is 0 Å². The highest BCUT2D eigenvalue weighted by Gasteiger charge is 2.23. The lowest BCUT2D eigenvalue weighted by Crippen LogP contribution is -2.30. The van der Waals surface area contributed by atoms with Gasteiger partial charge in [-0.2, -0.15) is 0 Å². The van der Waals surface area contributed by atoms with Crippen molar-refractivity contribution in [2.24, 2.45) is 0 Å². The van der Waals surface area contributed by atoms with Crippen LogP contribution in [-0.4, -0.2) is 11.7 Å². The van der Waals surface area contributed by atoms with Gasteiger partial charge < -0.3 is 10.4 Å². The zero-order valence-electron chi connectivity index (χ0n) is 10.2. The molecule has 1 heterocycles. The lowest BCUT2D eigenvalue weighted by atomic mass is 9.90. The number of rotatable bonds is 1. The molecular formula is C15H13Br2NO. The molecule has 2 N–H and O–H groups in total. The highest BCUT2D eigenvalue weighted by atomic mass is 79.9. The number of benzene rings is 2. The molecule has 1 aliphatic heterocycles. The fourth-order valence-electron chi connectivity index (χ4n) is 2.56. The van der Waals surface area contributed by atoms with Crippen LogP contribution in [0, 0.1) is 0 Å². The molecule has 1 atom stereocenters. The van der Waals surface area contributed by atoms with Crippen molar-refractivity contribution in [3.8, 4) is 5.75 Å². The van der Waals surface area contributed by atoms with Crippen molar-refractivity contribution in [2.45, 2.75) is 12.5 Å². The molecule has 0 aliphatic carbocycles. The summed E-state index contributed by atoms with van der Waals surface area (Å²) in [6.45, 7) is 0.917. The second-order valence-corrected chi connectivity index (χ2v) is 6.46. The Morgan fingerprint density at radius 2 is 1.89 bits per heavy atom. The van der Waals surface area contributed by atoms with E-state index in [-0.39, 0.29) is 6.04 Å². The molecule has 0 amide bonds. The molecule has 0 aromatic heterocycles. The Morgan fingerprint density at radius 3 is 2.74 bits per heavy atom. The van der Waals surface area contributed by atoms with E-state index in [0.717, 1.165) is 21.9 Å². The zero-order valence-corrected chi connectivity index (χ0v) is 13.3. The van der Waals surface area contributed by atoms with Crippen molar-refractivity contribution in [1.29, 1.82) is 0 Å². The summed E-state index contributed by atoms with van der Waals surface area (Å²) in [5.41, 5.74) is 3.67. The summed E-state index contributed by atoms with van der Waals surface area (Å²) < 4.78 is 2.16. The van der Waals surface area contributed by atoms with E-state index in [2.05, 4.69) is 49.3 Å². The average Bonchev–Trinajstić information content (AvgIpc) is 2.40. The molecule has 0 fully saturated rings. The van der Waals surface area contributed by atoms with Gasteiger partial charge in [0.05, 0.1) is 6.04 Å². The summed E-state index contributed by atoms with van der Waals surface area (Å²) in [5, 5.41) is 13.2. The van der Waals surface area contributed by atoms with Gasteiger partial charge in [0.15, 0.2) is 0 Å². The minimum atomic E-state index is 0.163. The molecule has 2 aromatic rings. The van der Waals surface area contributed by atoms with E-state index >= 15 is 0 Å². The minimum absolute atomic E-state index is 0.163. The van der Waals surface area contributed by atoms with E-state index in [1.165, 1.54) is 16.7 Å². The van der Waals surface area contributed by atoms with Crippen LogP contribution >= 0.6 is 31.9 Å². The average molecular weight is 383 g/mol. The molecule has 0 bridgehead atoms. The lowest BCUT2D eigenvalue weighted by molar-refractivity contribution is 0.471. The fraction of sp³-hybridized carbons (Fsp3) is 0.200. The molecule has 0 radical (unpaired) electrons. The number of aromatic hydroxyl groups is 1. The monoisotopic (exact) mass is 381 g/mol. The summed E-state index contributed by atoms with van der Waals surface area (Å²) in [6, 6.07) is 12.0. The van der Waals surface area contributed by atoms with Crippen LogP contribution in [0.2, 0.25) is 0 Å². The van der Waals surface area contributed by atoms with Gasteiger partial charge in [-0.25, -0.2) is 0 Å². The van der Waals surface area contributed by atoms with Crippen LogP contribution in [-0.2, 0) is 6.42 Å². The predicted octanol–water partition coefficient (Wildman–Crippen LogP) is 4.15. The number of hydrogen-bond donors (Lipinski definition) is 2. The van der Waals surface area contributed by atoms with Crippen molar-refractivity contribution < 1.29 is 5.11 Å². The minimum Gasteiger partial charge on any atom is -0.508 e. The van der Waals surface area contributed by atoms with E-state index in [1.807, 2.05) is 18.2 Å². The predicted molar refractivity (Wildman–Crippen MR) is 83.5 cm³/mol. The second kappa shape index (κ2) is 5.27. The van der Waals surface area contributed by atoms with Crippen molar-refractivity contribution in [3.05, 3.63) is 62.0 Å². The summed E-state index contributed by atoms with van der Waals surface area (Å²) in [5.74, 6) is 0.340. The lowest BCUT2D eigenvalue weighted by Gasteiger charge is -2.28. The molecule has 98 valence electrons. The summed E-state index contributed by atoms with van der Waals surface area (Å²) in [4.78, 5) is 0. The van der Waals surface area contributed by atoms with Gasteiger partial charge in [-0.1, -0.05) is 37.9 Å². The van der Waals surface area contributed by atoms with Crippen LogP contribution in [0.3, 0.4) is 0 Å². The molecule has 19 heavy (non-hydrogen) atoms. The molecule has 3 rings (SSSR count). The summed E-state index contributed by atoms with van der Waals surface area (Å²) in [7, 11) is 0. The SMILES string of the molecule is Oc1ccc2c(c1)CCNC2c1cc(Br)ccc1Br. The second-order valence-electron chi connectivity index (χ2n) is 4.69. The molecule has 2 nitrogen and oxygen atoms in total. The Labute approximate surface area is 129 Å². The van der Waals surface area contributed by atoms with Gasteiger partial charge in [0, 0.05) is 15.5 Å². The topological polar surface area (TPSA) is 32.3 Å². The van der Waals surface area contributed by atoms with Crippen molar-refractivity contribution in [1.82, 2.24) is 5.32 Å². The maximum Gasteiger partial charge on any atom is 0.115 e. The van der Waals surface area contributed by atoms with Crippen LogP contribution in [0.15, 0.2) is 45.3 Å². The maximum atomic E-state index is 9.61. The van der Waals surface area contributed by atoms with E-state index < -0.39 is 0 Å². The Morgan fingerprint density at radius 1 is 1.05 bits per heavy atom. The molecular weight excluding hydrogens is 370 g/mol. The maximum absolute atomic E-state index is 9.61. The Bertz CT molecular complexity index is 628. The molecule has 2 aromatic carbocycles. The molecule has 0 spiro atoms. The van der Waals surface area contributed by atoms with Crippen molar-refractivity contribution in [2.75, 3.05) is 6.54 Å². The van der Waals surface area contributed by atoms with E-state index in [0.29, 0.717) is 5.75 Å². The van der Waals surface area contributed by atoms with E-state index in [4.69, 9.17) is 0 Å². The first-order chi connectivity index (χ1) is 9.15. The zero-order chi connectivity index (χ0) is 13.4. The van der Waals surface area contributed by atoms with Crippen molar-refractivity contribution >= 4 is 31.9 Å². The quantitative estimate of drug-likeness (QED) is 0.776. The highest BCUT2D eigenvalue weighted by Crippen LogP contribution is 2.35. The molecule has 1 unspecified atom stereocenters. The number of phenolic OH excluding ortho intramolecular Hbond substituents is 1. The van der Waals surface area contributed by atoms with Crippen LogP contribution in [0.25, 0.3) is 0 Å². The Balaban J connectivity index is 2.11. The van der Waals surface area contributed by atoms with Crippen LogP contribution in [0.5, 0.6) is 5.75 Å². The summed E-state index contributed by atoms with van der Waals surface area (Å²) >= 11 is 7.15. The van der Waals surface area contributed by atoms with E-state index in [1.54, 1.807) is 6.07 Å². The van der Waals surface area contributed by atoms with Gasteiger partial charge in [-0.15, -0.1) is 0 Å². The molecule has 0 saturated carbocycles. The number of hydrogen-bond acceptors (Lipinski definition) is 2. The van der Waals surface area contributed by atoms with Crippen LogP contribution < -0.4 is 5.32 Å². The highest BCUT2D eigenvalue weighted by molar-refractivity contribution is 9.11. The van der Waals surface area contributed by atoms with Gasteiger partial charge in [-0.3, -0.25) is 0 Å². The van der Waals surface area contributed by atoms with E-state index in [9.17, 15) is 5.11 Å². The number of halogens is 2. The number of nitrogens with one attached hydrogen (secondary N) is 1. The smallest absolute Gasteiger partial charge is 0.115 e. The molecule has 0 saturated heterocycles. The first kappa shape index (κ1) is 13.2. The fourth-order valence-corrected chi connectivity index (χ4v) is 3.42. The number of fused-ring (bicyclic) bond motifs is 1. The first-order valence-electron chi connectivity index (χ1n) is 6.15. The van der Waals surface area contributed by atoms with Gasteiger partial charge in [0.2, 0.25) is 0 Å². The number of phenols is 1. The Hall–Kier alpha value is -0.840. The van der Waals surface area contributed by atoms with Crippen LogP contribution in [0.4, 0.5) is 0 Å². The van der Waals surface area contributed by atoms with Crippen molar-refractivity contribution in [3.63, 3.8) is 0 Å². The van der Waals surface area contributed by atoms with Gasteiger partial charge in [-0.05, 0) is 53.4 Å². The first-order valence-corrected chi connectivity index (χ1v) is 7.74. The third-order valence-corrected chi connectivity index (χ3v) is 4.66. The normalized spacial score (nSPS) is 18.1. The summed E-state index contributed by atoms with van der Waals surface area (Å²) in [6.07, 6.45) is 0.950. The van der Waals surface area contributed by atoms with Gasteiger partial charge in [0.25, 0.3) is 0 Å². The standard InChI is InChI=1S/C15H13Br2NO/c16-10-1-4-14(17)13(8-10)15-12-3-2-11(19)7-9(12)5-6-18-15/h1-4,7-8,15,18-19H,5-6H2. The van der Waals surface area contributed by atoms with Crippen LogP contribution in [0.1, 0.15) is 22.7 Å². The third kappa shape index (κ3) is 2.57.